The summed E-state index contributed by atoms with van der Waals surface area (Å²) in [5.74, 6) is 1.71. The zero-order chi connectivity index (χ0) is 13.6. The molecule has 0 aromatic carbocycles. The van der Waals surface area contributed by atoms with E-state index >= 15 is 0 Å². The van der Waals surface area contributed by atoms with Gasteiger partial charge in [-0.1, -0.05) is 98.3 Å². The normalized spacial score (nSPS) is 14.7. The van der Waals surface area contributed by atoms with E-state index in [1.165, 1.54) is 70.6 Å². The van der Waals surface area contributed by atoms with E-state index < -0.39 is 0 Å². The summed E-state index contributed by atoms with van der Waals surface area (Å²) in [5, 5.41) is 0. The Kier molecular flexibility index (Phi) is 13.4. The lowest BCUT2D eigenvalue weighted by atomic mass is 9.87. The molecule has 18 heavy (non-hydrogen) atoms. The van der Waals surface area contributed by atoms with Crippen LogP contribution in [0.4, 0.5) is 0 Å². The molecule has 0 bridgehead atoms. The standard InChI is InChI=1S/C18H37/c1-5-8-10-11-12-13-14-17(4)16-18(7-3)15-9-6-2/h16-18H,5-15H2,1-4H3. The van der Waals surface area contributed by atoms with Crippen LogP contribution in [0, 0.1) is 18.3 Å². The molecular formula is C18H37. The maximum Gasteiger partial charge on any atom is -0.0327 e. The second kappa shape index (κ2) is 13.4. The van der Waals surface area contributed by atoms with Crippen LogP contribution in [0.15, 0.2) is 0 Å². The van der Waals surface area contributed by atoms with E-state index in [4.69, 9.17) is 0 Å². The SMILES string of the molecule is CCCCCCCCC(C)[CH]C(CC)CCCC. The van der Waals surface area contributed by atoms with E-state index in [9.17, 15) is 0 Å². The van der Waals surface area contributed by atoms with Crippen LogP contribution in [0.1, 0.15) is 98.3 Å². The first-order valence-corrected chi connectivity index (χ1v) is 8.59. The quantitative estimate of drug-likeness (QED) is 0.317. The molecule has 0 aromatic rings. The van der Waals surface area contributed by atoms with E-state index in [1.807, 2.05) is 0 Å². The van der Waals surface area contributed by atoms with Crippen molar-refractivity contribution in [2.45, 2.75) is 98.3 Å². The van der Waals surface area contributed by atoms with Crippen molar-refractivity contribution in [1.82, 2.24) is 0 Å². The van der Waals surface area contributed by atoms with Crippen molar-refractivity contribution in [1.29, 1.82) is 0 Å². The molecule has 0 fully saturated rings. The predicted octanol–water partition coefficient (Wildman–Crippen LogP) is 6.79. The van der Waals surface area contributed by atoms with E-state index in [0.717, 1.165) is 11.8 Å². The minimum absolute atomic E-state index is 0.831. The highest BCUT2D eigenvalue weighted by atomic mass is 14.2. The Morgan fingerprint density at radius 1 is 0.722 bits per heavy atom. The van der Waals surface area contributed by atoms with Crippen molar-refractivity contribution in [3.63, 3.8) is 0 Å². The molecule has 0 N–H and O–H groups in total. The fraction of sp³-hybridized carbons (Fsp3) is 0.944. The summed E-state index contributed by atoms with van der Waals surface area (Å²) in [6, 6.07) is 0. The average Bonchev–Trinajstić information content (AvgIpc) is 2.38. The molecular weight excluding hydrogens is 216 g/mol. The van der Waals surface area contributed by atoms with Gasteiger partial charge in [0.15, 0.2) is 0 Å². The molecule has 0 spiro atoms. The van der Waals surface area contributed by atoms with Crippen LogP contribution < -0.4 is 0 Å². The van der Waals surface area contributed by atoms with Crippen LogP contribution in [-0.2, 0) is 0 Å². The molecule has 0 heteroatoms. The Morgan fingerprint density at radius 2 is 1.33 bits per heavy atom. The van der Waals surface area contributed by atoms with Crippen molar-refractivity contribution in [2.24, 2.45) is 11.8 Å². The second-order valence-corrected chi connectivity index (χ2v) is 6.04. The van der Waals surface area contributed by atoms with Crippen LogP contribution in [0.5, 0.6) is 0 Å². The molecule has 0 saturated carbocycles. The summed E-state index contributed by atoms with van der Waals surface area (Å²) < 4.78 is 0. The van der Waals surface area contributed by atoms with Crippen molar-refractivity contribution in [3.05, 3.63) is 6.42 Å². The van der Waals surface area contributed by atoms with Gasteiger partial charge in [0, 0.05) is 0 Å². The summed E-state index contributed by atoms with van der Waals surface area (Å²) >= 11 is 0. The molecule has 0 aliphatic heterocycles. The van der Waals surface area contributed by atoms with Gasteiger partial charge in [0.2, 0.25) is 0 Å². The number of hydrogen-bond donors (Lipinski definition) is 0. The maximum atomic E-state index is 2.64. The van der Waals surface area contributed by atoms with Gasteiger partial charge in [0.05, 0.1) is 0 Å². The molecule has 2 atom stereocenters. The van der Waals surface area contributed by atoms with Gasteiger partial charge >= 0.3 is 0 Å². The highest BCUT2D eigenvalue weighted by molar-refractivity contribution is 4.80. The zero-order valence-electron chi connectivity index (χ0n) is 13.5. The zero-order valence-corrected chi connectivity index (χ0v) is 13.5. The monoisotopic (exact) mass is 253 g/mol. The molecule has 0 amide bonds. The summed E-state index contributed by atoms with van der Waals surface area (Å²) in [5.41, 5.74) is 0. The third-order valence-corrected chi connectivity index (χ3v) is 4.07. The van der Waals surface area contributed by atoms with E-state index in [0.29, 0.717) is 0 Å². The number of unbranched alkanes of at least 4 members (excludes halogenated alkanes) is 6. The number of rotatable bonds is 13. The average molecular weight is 253 g/mol. The van der Waals surface area contributed by atoms with Crippen LogP contribution in [0.25, 0.3) is 0 Å². The van der Waals surface area contributed by atoms with Gasteiger partial charge in [-0.05, 0) is 18.3 Å². The highest BCUT2D eigenvalue weighted by Gasteiger charge is 2.11. The van der Waals surface area contributed by atoms with Gasteiger partial charge in [0.1, 0.15) is 0 Å². The third kappa shape index (κ3) is 11.1. The Labute approximate surface area is 117 Å². The molecule has 0 rings (SSSR count). The Bertz CT molecular complexity index is 150. The molecule has 0 nitrogen and oxygen atoms in total. The molecule has 1 radical (unpaired) electrons. The van der Waals surface area contributed by atoms with Gasteiger partial charge < -0.3 is 0 Å². The topological polar surface area (TPSA) is 0 Å². The van der Waals surface area contributed by atoms with Crippen LogP contribution in [0.2, 0.25) is 0 Å². The number of hydrogen-bond acceptors (Lipinski definition) is 0. The summed E-state index contributed by atoms with van der Waals surface area (Å²) in [6.07, 6.45) is 18.1. The first kappa shape index (κ1) is 18.0. The Morgan fingerprint density at radius 3 is 1.94 bits per heavy atom. The Balaban J connectivity index is 3.46. The smallest absolute Gasteiger partial charge is 0.0327 e. The molecule has 0 aromatic heterocycles. The fourth-order valence-electron chi connectivity index (χ4n) is 2.71. The summed E-state index contributed by atoms with van der Waals surface area (Å²) in [7, 11) is 0. The van der Waals surface area contributed by atoms with Crippen molar-refractivity contribution in [2.75, 3.05) is 0 Å². The minimum Gasteiger partial charge on any atom is -0.0654 e. The van der Waals surface area contributed by atoms with Gasteiger partial charge in [-0.15, -0.1) is 0 Å². The van der Waals surface area contributed by atoms with Crippen molar-refractivity contribution < 1.29 is 0 Å². The van der Waals surface area contributed by atoms with Crippen molar-refractivity contribution >= 4 is 0 Å². The van der Waals surface area contributed by atoms with E-state index in [1.54, 1.807) is 0 Å². The molecule has 0 aliphatic rings. The van der Waals surface area contributed by atoms with Gasteiger partial charge in [0.25, 0.3) is 0 Å². The predicted molar refractivity (Wildman–Crippen MR) is 84.8 cm³/mol. The summed E-state index contributed by atoms with van der Waals surface area (Å²) in [6.45, 7) is 9.35. The third-order valence-electron chi connectivity index (χ3n) is 4.07. The first-order valence-electron chi connectivity index (χ1n) is 8.59. The van der Waals surface area contributed by atoms with Gasteiger partial charge in [-0.2, -0.15) is 0 Å². The molecule has 2 unspecified atom stereocenters. The molecule has 0 aliphatic carbocycles. The van der Waals surface area contributed by atoms with Gasteiger partial charge in [-0.3, -0.25) is 0 Å². The molecule has 0 heterocycles. The summed E-state index contributed by atoms with van der Waals surface area (Å²) in [4.78, 5) is 0. The van der Waals surface area contributed by atoms with Crippen LogP contribution in [0.3, 0.4) is 0 Å². The van der Waals surface area contributed by atoms with E-state index in [-0.39, 0.29) is 0 Å². The lowest BCUT2D eigenvalue weighted by Gasteiger charge is -2.19. The molecule has 0 saturated heterocycles. The Hall–Kier alpha value is 0. The fourth-order valence-corrected chi connectivity index (χ4v) is 2.71. The lowest BCUT2D eigenvalue weighted by Crippen LogP contribution is -2.07. The first-order chi connectivity index (χ1) is 8.74. The van der Waals surface area contributed by atoms with Crippen molar-refractivity contribution in [3.8, 4) is 0 Å². The maximum absolute atomic E-state index is 2.64. The molecule has 109 valence electrons. The van der Waals surface area contributed by atoms with E-state index in [2.05, 4.69) is 34.1 Å². The lowest BCUT2D eigenvalue weighted by molar-refractivity contribution is 0.427. The van der Waals surface area contributed by atoms with Crippen LogP contribution in [-0.4, -0.2) is 0 Å². The second-order valence-electron chi connectivity index (χ2n) is 6.04. The largest absolute Gasteiger partial charge is 0.0654 e. The minimum atomic E-state index is 0.831. The highest BCUT2D eigenvalue weighted by Crippen LogP contribution is 2.23. The van der Waals surface area contributed by atoms with Crippen LogP contribution >= 0.6 is 0 Å². The van der Waals surface area contributed by atoms with Gasteiger partial charge in [-0.25, -0.2) is 0 Å².